The number of hydrogen-bond donors (Lipinski definition) is 1. The first-order valence-corrected chi connectivity index (χ1v) is 12.7. The lowest BCUT2D eigenvalue weighted by molar-refractivity contribution is -0.114. The summed E-state index contributed by atoms with van der Waals surface area (Å²) in [7, 11) is -3.98. The Labute approximate surface area is 199 Å². The first-order valence-electron chi connectivity index (χ1n) is 10.8. The lowest BCUT2D eigenvalue weighted by Gasteiger charge is -2.24. The van der Waals surface area contributed by atoms with E-state index in [2.05, 4.69) is 10.2 Å². The highest BCUT2D eigenvalue weighted by Gasteiger charge is 2.27. The second kappa shape index (κ2) is 9.85. The Hall–Kier alpha value is -3.03. The van der Waals surface area contributed by atoms with Gasteiger partial charge in [0.2, 0.25) is 5.91 Å². The predicted molar refractivity (Wildman–Crippen MR) is 134 cm³/mol. The van der Waals surface area contributed by atoms with Crippen LogP contribution in [-0.4, -0.2) is 34.0 Å². The van der Waals surface area contributed by atoms with Gasteiger partial charge in [-0.3, -0.25) is 9.10 Å². The van der Waals surface area contributed by atoms with Gasteiger partial charge >= 0.3 is 0 Å². The van der Waals surface area contributed by atoms with E-state index in [0.29, 0.717) is 16.4 Å². The fourth-order valence-electron chi connectivity index (χ4n) is 3.83. The highest BCUT2D eigenvalue weighted by Crippen LogP contribution is 2.28. The maximum absolute atomic E-state index is 13.4. The van der Waals surface area contributed by atoms with Crippen LogP contribution in [0.5, 0.6) is 0 Å². The molecule has 1 aliphatic rings. The van der Waals surface area contributed by atoms with E-state index in [1.807, 2.05) is 31.2 Å². The first kappa shape index (κ1) is 23.1. The van der Waals surface area contributed by atoms with E-state index < -0.39 is 15.9 Å². The van der Waals surface area contributed by atoms with Crippen molar-refractivity contribution in [2.75, 3.05) is 34.2 Å². The van der Waals surface area contributed by atoms with Crippen molar-refractivity contribution in [1.29, 1.82) is 0 Å². The van der Waals surface area contributed by atoms with Gasteiger partial charge in [-0.1, -0.05) is 35.9 Å². The summed E-state index contributed by atoms with van der Waals surface area (Å²) < 4.78 is 27.9. The number of nitrogens with zero attached hydrogens (tertiary/aromatic N) is 2. The van der Waals surface area contributed by atoms with Crippen molar-refractivity contribution in [3.63, 3.8) is 0 Å². The average molecular weight is 484 g/mol. The van der Waals surface area contributed by atoms with Crippen molar-refractivity contribution in [3.05, 3.63) is 83.4 Å². The molecule has 0 aromatic heterocycles. The smallest absolute Gasteiger partial charge is 0.264 e. The Kier molecular flexibility index (Phi) is 6.91. The van der Waals surface area contributed by atoms with Gasteiger partial charge in [0.05, 0.1) is 10.6 Å². The standard InChI is InChI=1S/C25H26ClN3O3S/c1-19-9-12-22(17-24(19)26)29(33(31,32)23-7-3-2-4-8-23)18-25(30)27-20-10-13-21(14-11-20)28-15-5-6-16-28/h2-4,7-14,17H,5-6,15-16,18H2,1H3,(H,27,30). The molecule has 0 spiro atoms. The molecule has 3 aromatic rings. The van der Waals surface area contributed by atoms with E-state index >= 15 is 0 Å². The van der Waals surface area contributed by atoms with E-state index in [1.165, 1.54) is 25.0 Å². The van der Waals surface area contributed by atoms with Crippen molar-refractivity contribution in [2.45, 2.75) is 24.7 Å². The van der Waals surface area contributed by atoms with E-state index in [-0.39, 0.29) is 11.4 Å². The number of carbonyl (C=O) groups is 1. The first-order chi connectivity index (χ1) is 15.8. The highest BCUT2D eigenvalue weighted by molar-refractivity contribution is 7.92. The Balaban J connectivity index is 1.57. The molecule has 8 heteroatoms. The molecule has 0 radical (unpaired) electrons. The molecule has 0 saturated carbocycles. The number of halogens is 1. The van der Waals surface area contributed by atoms with Gasteiger partial charge in [-0.05, 0) is 73.9 Å². The Bertz CT molecular complexity index is 1230. The van der Waals surface area contributed by atoms with Crippen LogP contribution in [0.25, 0.3) is 0 Å². The van der Waals surface area contributed by atoms with E-state index in [4.69, 9.17) is 11.6 Å². The topological polar surface area (TPSA) is 69.7 Å². The SMILES string of the molecule is Cc1ccc(N(CC(=O)Nc2ccc(N3CCCC3)cc2)S(=O)(=O)c2ccccc2)cc1Cl. The Morgan fingerprint density at radius 2 is 1.67 bits per heavy atom. The number of nitrogens with one attached hydrogen (secondary N) is 1. The molecule has 4 rings (SSSR count). The summed E-state index contributed by atoms with van der Waals surface area (Å²) in [6.07, 6.45) is 2.38. The number of amides is 1. The minimum absolute atomic E-state index is 0.101. The normalized spacial score (nSPS) is 13.7. The molecule has 1 amide bonds. The molecule has 0 bridgehead atoms. The molecule has 33 heavy (non-hydrogen) atoms. The van der Waals surface area contributed by atoms with Crippen molar-refractivity contribution < 1.29 is 13.2 Å². The summed E-state index contributed by atoms with van der Waals surface area (Å²) >= 11 is 6.26. The molecule has 1 fully saturated rings. The van der Waals surface area contributed by atoms with Crippen LogP contribution in [0, 0.1) is 6.92 Å². The number of rotatable bonds is 7. The molecule has 6 nitrogen and oxygen atoms in total. The van der Waals surface area contributed by atoms with Gasteiger partial charge in [-0.15, -0.1) is 0 Å². The quantitative estimate of drug-likeness (QED) is 0.508. The second-order valence-corrected chi connectivity index (χ2v) is 10.3. The molecular weight excluding hydrogens is 458 g/mol. The van der Waals surface area contributed by atoms with Gasteiger partial charge < -0.3 is 10.2 Å². The lowest BCUT2D eigenvalue weighted by Crippen LogP contribution is -2.38. The predicted octanol–water partition coefficient (Wildman–Crippen LogP) is 5.08. The largest absolute Gasteiger partial charge is 0.372 e. The van der Waals surface area contributed by atoms with Crippen LogP contribution in [-0.2, 0) is 14.8 Å². The Morgan fingerprint density at radius 1 is 1.00 bits per heavy atom. The van der Waals surface area contributed by atoms with Crippen LogP contribution >= 0.6 is 11.6 Å². The van der Waals surface area contributed by atoms with Gasteiger partial charge in [0.25, 0.3) is 10.0 Å². The summed E-state index contributed by atoms with van der Waals surface area (Å²) in [4.78, 5) is 15.3. The van der Waals surface area contributed by atoms with Crippen molar-refractivity contribution in [2.24, 2.45) is 0 Å². The van der Waals surface area contributed by atoms with Gasteiger partial charge in [0.15, 0.2) is 0 Å². The van der Waals surface area contributed by atoms with Crippen molar-refractivity contribution in [1.82, 2.24) is 0 Å². The fourth-order valence-corrected chi connectivity index (χ4v) is 5.44. The third kappa shape index (κ3) is 5.31. The van der Waals surface area contributed by atoms with E-state index in [1.54, 1.807) is 36.4 Å². The van der Waals surface area contributed by atoms with Crippen molar-refractivity contribution in [3.8, 4) is 0 Å². The third-order valence-electron chi connectivity index (χ3n) is 5.68. The maximum atomic E-state index is 13.4. The minimum Gasteiger partial charge on any atom is -0.372 e. The second-order valence-electron chi connectivity index (χ2n) is 8.05. The average Bonchev–Trinajstić information content (AvgIpc) is 3.35. The van der Waals surface area contributed by atoms with Crippen LogP contribution in [0.15, 0.2) is 77.7 Å². The highest BCUT2D eigenvalue weighted by atomic mass is 35.5. The lowest BCUT2D eigenvalue weighted by atomic mass is 10.2. The van der Waals surface area contributed by atoms with Gasteiger partial charge in [0.1, 0.15) is 6.54 Å². The zero-order chi connectivity index (χ0) is 23.4. The molecular formula is C25H26ClN3O3S. The number of sulfonamides is 1. The number of hydrogen-bond acceptors (Lipinski definition) is 4. The van der Waals surface area contributed by atoms with Gasteiger partial charge in [0, 0.05) is 29.5 Å². The van der Waals surface area contributed by atoms with Crippen LogP contribution in [0.3, 0.4) is 0 Å². The third-order valence-corrected chi connectivity index (χ3v) is 7.88. The van der Waals surface area contributed by atoms with Gasteiger partial charge in [-0.25, -0.2) is 8.42 Å². The number of aryl methyl sites for hydroxylation is 1. The maximum Gasteiger partial charge on any atom is 0.264 e. The van der Waals surface area contributed by atoms with Gasteiger partial charge in [-0.2, -0.15) is 0 Å². The van der Waals surface area contributed by atoms with Crippen LogP contribution in [0.2, 0.25) is 5.02 Å². The fraction of sp³-hybridized carbons (Fsp3) is 0.240. The summed E-state index contributed by atoms with van der Waals surface area (Å²) in [5.41, 5.74) is 2.88. The summed E-state index contributed by atoms with van der Waals surface area (Å²) in [5.74, 6) is -0.444. The molecule has 0 aliphatic carbocycles. The number of anilines is 3. The monoisotopic (exact) mass is 483 g/mol. The minimum atomic E-state index is -3.98. The number of benzene rings is 3. The molecule has 3 aromatic carbocycles. The summed E-state index contributed by atoms with van der Waals surface area (Å²) in [6.45, 7) is 3.53. The molecule has 1 aliphatic heterocycles. The van der Waals surface area contributed by atoms with Crippen LogP contribution < -0.4 is 14.5 Å². The van der Waals surface area contributed by atoms with E-state index in [9.17, 15) is 13.2 Å². The molecule has 1 saturated heterocycles. The molecule has 0 unspecified atom stereocenters. The summed E-state index contributed by atoms with van der Waals surface area (Å²) in [6, 6.07) is 20.6. The molecule has 1 heterocycles. The van der Waals surface area contributed by atoms with Crippen molar-refractivity contribution >= 4 is 44.6 Å². The zero-order valence-electron chi connectivity index (χ0n) is 18.4. The number of carbonyl (C=O) groups excluding carboxylic acids is 1. The van der Waals surface area contributed by atoms with Crippen LogP contribution in [0.1, 0.15) is 18.4 Å². The molecule has 172 valence electrons. The molecule has 0 atom stereocenters. The van der Waals surface area contributed by atoms with Crippen LogP contribution in [0.4, 0.5) is 17.1 Å². The zero-order valence-corrected chi connectivity index (χ0v) is 19.9. The van der Waals surface area contributed by atoms with E-state index in [0.717, 1.165) is 28.6 Å². The molecule has 1 N–H and O–H groups in total. The summed E-state index contributed by atoms with van der Waals surface area (Å²) in [5, 5.41) is 3.24. The Morgan fingerprint density at radius 3 is 2.30 bits per heavy atom.